The molecule has 3 aromatic rings. The Labute approximate surface area is 225 Å². The van der Waals surface area contributed by atoms with Crippen molar-refractivity contribution in [2.24, 2.45) is 0 Å². The Kier molecular flexibility index (Phi) is 8.24. The number of nitriles is 1. The van der Waals surface area contributed by atoms with Crippen molar-refractivity contribution in [3.8, 4) is 11.8 Å². The summed E-state index contributed by atoms with van der Waals surface area (Å²) in [5, 5.41) is 19.7. The molecule has 38 heavy (non-hydrogen) atoms. The van der Waals surface area contributed by atoms with Crippen LogP contribution in [0, 0.1) is 25.2 Å². The molecule has 9 heteroatoms. The van der Waals surface area contributed by atoms with Gasteiger partial charge in [0.05, 0.1) is 46.7 Å². The molecule has 8 nitrogen and oxygen atoms in total. The topological polar surface area (TPSA) is 116 Å². The molecule has 0 saturated carbocycles. The van der Waals surface area contributed by atoms with Gasteiger partial charge in [0.1, 0.15) is 17.3 Å². The molecule has 1 aliphatic rings. The van der Waals surface area contributed by atoms with Gasteiger partial charge in [-0.05, 0) is 56.7 Å². The molecule has 2 heterocycles. The molecule has 0 radical (unpaired) electrons. The van der Waals surface area contributed by atoms with Gasteiger partial charge in [0, 0.05) is 11.4 Å². The normalized spacial score (nSPS) is 15.0. The Bertz CT molecular complexity index is 1480. The number of para-hydroxylation sites is 3. The van der Waals surface area contributed by atoms with E-state index in [9.17, 15) is 14.9 Å². The van der Waals surface area contributed by atoms with E-state index in [1.807, 2.05) is 37.3 Å². The third kappa shape index (κ3) is 5.76. The third-order valence-electron chi connectivity index (χ3n) is 6.06. The van der Waals surface area contributed by atoms with E-state index in [0.717, 1.165) is 11.3 Å². The molecule has 0 unspecified atom stereocenters. The van der Waals surface area contributed by atoms with Gasteiger partial charge >= 0.3 is 0 Å². The summed E-state index contributed by atoms with van der Waals surface area (Å²) in [6, 6.07) is 20.4. The van der Waals surface area contributed by atoms with Crippen molar-refractivity contribution >= 4 is 35.0 Å². The summed E-state index contributed by atoms with van der Waals surface area (Å²) in [6.07, 6.45) is 0. The molecule has 0 bridgehead atoms. The highest BCUT2D eigenvalue weighted by molar-refractivity contribution is 8.03. The van der Waals surface area contributed by atoms with Gasteiger partial charge in [-0.2, -0.15) is 5.26 Å². The van der Waals surface area contributed by atoms with E-state index in [2.05, 4.69) is 22.0 Å². The Hall–Kier alpha value is -4.42. The zero-order chi connectivity index (χ0) is 27.2. The zero-order valence-electron chi connectivity index (χ0n) is 21.5. The first-order valence-corrected chi connectivity index (χ1v) is 12.9. The number of benzene rings is 2. The largest absolute Gasteiger partial charge is 0.495 e. The smallest absolute Gasteiger partial charge is 0.254 e. The summed E-state index contributed by atoms with van der Waals surface area (Å²) in [7, 11) is 1.53. The van der Waals surface area contributed by atoms with Crippen LogP contribution in [0.25, 0.3) is 0 Å². The van der Waals surface area contributed by atoms with Gasteiger partial charge in [-0.25, -0.2) is 0 Å². The summed E-state index contributed by atoms with van der Waals surface area (Å²) in [4.78, 5) is 26.3. The number of thioether (sulfide) groups is 1. The summed E-state index contributed by atoms with van der Waals surface area (Å²) in [5.41, 5.74) is 3.39. The van der Waals surface area contributed by atoms with Gasteiger partial charge in [0.25, 0.3) is 5.91 Å². The quantitative estimate of drug-likeness (QED) is 0.348. The number of dihydropyridines is 1. The van der Waals surface area contributed by atoms with Crippen molar-refractivity contribution in [2.75, 3.05) is 23.5 Å². The van der Waals surface area contributed by atoms with Crippen molar-refractivity contribution in [1.29, 1.82) is 5.26 Å². The molecule has 194 valence electrons. The van der Waals surface area contributed by atoms with Gasteiger partial charge in [0.15, 0.2) is 0 Å². The number of nitrogens with zero attached hydrogens (tertiary/aromatic N) is 1. The number of amides is 2. The number of anilines is 2. The number of hydrogen-bond donors (Lipinski definition) is 3. The average Bonchev–Trinajstić information content (AvgIpc) is 3.34. The maximum atomic E-state index is 13.6. The SMILES string of the molecule is COc1ccccc1NC(=O)C1=C(C)NC(SCC(=O)Nc2ccccc2C)=C(C#N)[C@@H]1c1ccc(C)o1. The minimum absolute atomic E-state index is 0.0712. The summed E-state index contributed by atoms with van der Waals surface area (Å²) in [5.74, 6) is 0.348. The van der Waals surface area contributed by atoms with Crippen LogP contribution in [0.3, 0.4) is 0 Å². The molecule has 0 saturated heterocycles. The minimum atomic E-state index is -0.758. The first-order chi connectivity index (χ1) is 18.3. The second-order valence-corrected chi connectivity index (χ2v) is 9.69. The van der Waals surface area contributed by atoms with Crippen LogP contribution < -0.4 is 20.7 Å². The predicted octanol–water partition coefficient (Wildman–Crippen LogP) is 5.61. The van der Waals surface area contributed by atoms with Crippen molar-refractivity contribution in [3.05, 3.63) is 99.6 Å². The lowest BCUT2D eigenvalue weighted by atomic mass is 9.85. The molecular formula is C29H28N4O4S. The van der Waals surface area contributed by atoms with E-state index in [0.29, 0.717) is 44.8 Å². The van der Waals surface area contributed by atoms with Crippen LogP contribution in [0.15, 0.2) is 87.0 Å². The number of methoxy groups -OCH3 is 1. The van der Waals surface area contributed by atoms with E-state index in [1.54, 1.807) is 44.2 Å². The van der Waals surface area contributed by atoms with Crippen LogP contribution in [0.1, 0.15) is 29.9 Å². The molecule has 0 spiro atoms. The molecule has 0 aliphatic carbocycles. The maximum absolute atomic E-state index is 13.6. The minimum Gasteiger partial charge on any atom is -0.495 e. The summed E-state index contributed by atoms with van der Waals surface area (Å²) in [6.45, 7) is 5.49. The molecular weight excluding hydrogens is 500 g/mol. The van der Waals surface area contributed by atoms with Crippen LogP contribution in [0.4, 0.5) is 11.4 Å². The molecule has 2 amide bonds. The molecule has 1 aromatic heterocycles. The highest BCUT2D eigenvalue weighted by Gasteiger charge is 2.37. The molecule has 4 rings (SSSR count). The van der Waals surface area contributed by atoms with Gasteiger partial charge in [-0.3, -0.25) is 9.59 Å². The van der Waals surface area contributed by atoms with Crippen LogP contribution in [0.5, 0.6) is 5.75 Å². The van der Waals surface area contributed by atoms with Gasteiger partial charge in [-0.15, -0.1) is 0 Å². The van der Waals surface area contributed by atoms with Gasteiger partial charge in [-0.1, -0.05) is 42.1 Å². The van der Waals surface area contributed by atoms with Crippen molar-refractivity contribution in [2.45, 2.75) is 26.7 Å². The maximum Gasteiger partial charge on any atom is 0.254 e. The van der Waals surface area contributed by atoms with Crippen LogP contribution in [-0.2, 0) is 9.59 Å². The van der Waals surface area contributed by atoms with Crippen LogP contribution in [-0.4, -0.2) is 24.7 Å². The Balaban J connectivity index is 1.63. The van der Waals surface area contributed by atoms with E-state index in [4.69, 9.17) is 9.15 Å². The lowest BCUT2D eigenvalue weighted by molar-refractivity contribution is -0.114. The van der Waals surface area contributed by atoms with E-state index in [-0.39, 0.29) is 11.7 Å². The number of carbonyl (C=O) groups is 2. The monoisotopic (exact) mass is 528 g/mol. The Morgan fingerprint density at radius 3 is 2.39 bits per heavy atom. The lowest BCUT2D eigenvalue weighted by Crippen LogP contribution is -2.31. The second kappa shape index (κ2) is 11.8. The molecule has 0 fully saturated rings. The highest BCUT2D eigenvalue weighted by atomic mass is 32.2. The fourth-order valence-corrected chi connectivity index (χ4v) is 5.09. The predicted molar refractivity (Wildman–Crippen MR) is 149 cm³/mol. The van der Waals surface area contributed by atoms with E-state index >= 15 is 0 Å². The number of rotatable bonds is 8. The first-order valence-electron chi connectivity index (χ1n) is 11.9. The fourth-order valence-electron chi connectivity index (χ4n) is 4.20. The molecule has 2 aromatic carbocycles. The number of hydrogen-bond acceptors (Lipinski definition) is 7. The Morgan fingerprint density at radius 1 is 1.03 bits per heavy atom. The number of carbonyl (C=O) groups excluding carboxylic acids is 2. The van der Waals surface area contributed by atoms with E-state index < -0.39 is 11.8 Å². The standard InChI is InChI=1S/C29H28N4O4S/c1-17-9-5-6-10-21(17)32-25(34)16-38-29-20(15-30)27(24-14-13-18(2)37-24)26(19(3)31-29)28(35)33-22-11-7-8-12-23(22)36-4/h5-14,27,31H,16H2,1-4H3,(H,32,34)(H,33,35)/t27-/m1/s1. The number of allylic oxidation sites excluding steroid dienone is 2. The van der Waals surface area contributed by atoms with Gasteiger partial charge < -0.3 is 25.1 Å². The Morgan fingerprint density at radius 2 is 1.74 bits per heavy atom. The first kappa shape index (κ1) is 26.6. The fraction of sp³-hybridized carbons (Fsp3) is 0.207. The number of ether oxygens (including phenoxy) is 1. The summed E-state index contributed by atoms with van der Waals surface area (Å²) >= 11 is 1.20. The van der Waals surface area contributed by atoms with Crippen molar-refractivity contribution in [3.63, 3.8) is 0 Å². The number of furan rings is 1. The van der Waals surface area contributed by atoms with E-state index in [1.165, 1.54) is 18.9 Å². The molecule has 1 aliphatic heterocycles. The van der Waals surface area contributed by atoms with Gasteiger partial charge in [0.2, 0.25) is 5.91 Å². The second-order valence-electron chi connectivity index (χ2n) is 8.71. The van der Waals surface area contributed by atoms with Crippen molar-refractivity contribution in [1.82, 2.24) is 5.32 Å². The molecule has 3 N–H and O–H groups in total. The zero-order valence-corrected chi connectivity index (χ0v) is 22.4. The van der Waals surface area contributed by atoms with Crippen molar-refractivity contribution < 1.29 is 18.7 Å². The number of aryl methyl sites for hydroxylation is 2. The lowest BCUT2D eigenvalue weighted by Gasteiger charge is -2.28. The van der Waals surface area contributed by atoms with Crippen LogP contribution in [0.2, 0.25) is 0 Å². The average molecular weight is 529 g/mol. The van der Waals surface area contributed by atoms with Crippen LogP contribution >= 0.6 is 11.8 Å². The number of nitrogens with one attached hydrogen (secondary N) is 3. The molecule has 1 atom stereocenters. The highest BCUT2D eigenvalue weighted by Crippen LogP contribution is 2.42. The third-order valence-corrected chi connectivity index (χ3v) is 7.08. The summed E-state index contributed by atoms with van der Waals surface area (Å²) < 4.78 is 11.3.